The summed E-state index contributed by atoms with van der Waals surface area (Å²) in [6, 6.07) is 12.8. The van der Waals surface area contributed by atoms with Crippen LogP contribution in [0.25, 0.3) is 10.4 Å². The van der Waals surface area contributed by atoms with Gasteiger partial charge in [0, 0.05) is 9.93 Å². The number of azide groups is 1. The highest BCUT2D eigenvalue weighted by molar-refractivity contribution is 6.30. The Morgan fingerprint density at radius 3 is 2.53 bits per heavy atom. The molecule has 5 nitrogen and oxygen atoms in total. The molecule has 2 aromatic rings. The number of hydrogen-bond acceptors (Lipinski definition) is 3. The van der Waals surface area contributed by atoms with Crippen molar-refractivity contribution in [3.8, 4) is 5.75 Å². The first-order valence-corrected chi connectivity index (χ1v) is 5.70. The van der Waals surface area contributed by atoms with Crippen LogP contribution in [-0.4, -0.2) is 5.97 Å². The summed E-state index contributed by atoms with van der Waals surface area (Å²) in [6.07, 6.45) is 0. The molecule has 0 atom stereocenters. The van der Waals surface area contributed by atoms with Gasteiger partial charge in [-0.25, -0.2) is 4.79 Å². The van der Waals surface area contributed by atoms with E-state index in [1.54, 1.807) is 36.4 Å². The van der Waals surface area contributed by atoms with Crippen LogP contribution < -0.4 is 4.74 Å². The maximum absolute atomic E-state index is 12.0. The van der Waals surface area contributed by atoms with E-state index in [4.69, 9.17) is 21.9 Å². The van der Waals surface area contributed by atoms with Gasteiger partial charge in [0.25, 0.3) is 0 Å². The first-order chi connectivity index (χ1) is 9.20. The SMILES string of the molecule is [N-]=[N+]=Nc1ccccc1C(=O)Oc1ccc(Cl)cc1. The molecule has 0 saturated carbocycles. The van der Waals surface area contributed by atoms with Crippen molar-refractivity contribution in [3.63, 3.8) is 0 Å². The molecule has 0 aliphatic rings. The zero-order valence-electron chi connectivity index (χ0n) is 9.65. The van der Waals surface area contributed by atoms with Crippen molar-refractivity contribution in [3.05, 3.63) is 69.6 Å². The van der Waals surface area contributed by atoms with Crippen LogP contribution in [0.4, 0.5) is 5.69 Å². The largest absolute Gasteiger partial charge is 0.423 e. The highest BCUT2D eigenvalue weighted by atomic mass is 35.5. The van der Waals surface area contributed by atoms with Gasteiger partial charge < -0.3 is 4.74 Å². The minimum atomic E-state index is -0.592. The monoisotopic (exact) mass is 273 g/mol. The molecule has 0 spiro atoms. The number of nitrogens with zero attached hydrogens (tertiary/aromatic N) is 3. The Morgan fingerprint density at radius 1 is 1.16 bits per heavy atom. The standard InChI is InChI=1S/C13H8ClN3O2/c14-9-5-7-10(8-6-9)19-13(18)11-3-1-2-4-12(11)16-17-15/h1-8H. The molecule has 0 saturated heterocycles. The fourth-order valence-corrected chi connectivity index (χ4v) is 1.57. The zero-order chi connectivity index (χ0) is 13.7. The molecule has 0 bridgehead atoms. The van der Waals surface area contributed by atoms with Crippen LogP contribution >= 0.6 is 11.6 Å². The van der Waals surface area contributed by atoms with Gasteiger partial charge in [-0.05, 0) is 35.9 Å². The number of carbonyl (C=O) groups excluding carboxylic acids is 1. The summed E-state index contributed by atoms with van der Waals surface area (Å²) < 4.78 is 5.16. The van der Waals surface area contributed by atoms with Gasteiger partial charge in [0.05, 0.1) is 11.3 Å². The number of ether oxygens (including phenoxy) is 1. The molecule has 0 amide bonds. The van der Waals surface area contributed by atoms with Crippen LogP contribution in [0, 0.1) is 0 Å². The maximum atomic E-state index is 12.0. The molecule has 0 aromatic heterocycles. The van der Waals surface area contributed by atoms with Gasteiger partial charge in [-0.1, -0.05) is 34.9 Å². The first kappa shape index (κ1) is 13.0. The van der Waals surface area contributed by atoms with Crippen molar-refractivity contribution in [1.82, 2.24) is 0 Å². The average Bonchev–Trinajstić information content (AvgIpc) is 2.42. The fourth-order valence-electron chi connectivity index (χ4n) is 1.45. The molecule has 0 radical (unpaired) electrons. The summed E-state index contributed by atoms with van der Waals surface area (Å²) in [6.45, 7) is 0. The summed E-state index contributed by atoms with van der Waals surface area (Å²) in [7, 11) is 0. The summed E-state index contributed by atoms with van der Waals surface area (Å²) in [4.78, 5) is 14.6. The van der Waals surface area contributed by atoms with Crippen LogP contribution in [0.1, 0.15) is 10.4 Å². The molecule has 0 unspecified atom stereocenters. The predicted octanol–water partition coefficient (Wildman–Crippen LogP) is 4.50. The van der Waals surface area contributed by atoms with Crippen molar-refractivity contribution < 1.29 is 9.53 Å². The topological polar surface area (TPSA) is 75.1 Å². The van der Waals surface area contributed by atoms with E-state index in [1.807, 2.05) is 0 Å². The molecular weight excluding hydrogens is 266 g/mol. The molecule has 2 rings (SSSR count). The maximum Gasteiger partial charge on any atom is 0.343 e. The quantitative estimate of drug-likeness (QED) is 0.271. The Balaban J connectivity index is 2.25. The third kappa shape index (κ3) is 3.25. The van der Waals surface area contributed by atoms with Crippen molar-refractivity contribution in [2.75, 3.05) is 0 Å². The Kier molecular flexibility index (Phi) is 4.03. The molecule has 0 aliphatic carbocycles. The number of carbonyl (C=O) groups is 1. The van der Waals surface area contributed by atoms with Gasteiger partial charge >= 0.3 is 5.97 Å². The van der Waals surface area contributed by atoms with Crippen LogP contribution in [0.5, 0.6) is 5.75 Å². The molecule has 0 aliphatic heterocycles. The number of benzene rings is 2. The average molecular weight is 274 g/mol. The van der Waals surface area contributed by atoms with Crippen molar-refractivity contribution in [1.29, 1.82) is 0 Å². The van der Waals surface area contributed by atoms with Crippen LogP contribution in [0.15, 0.2) is 53.6 Å². The minimum absolute atomic E-state index is 0.204. The van der Waals surface area contributed by atoms with Gasteiger partial charge in [0.15, 0.2) is 0 Å². The van der Waals surface area contributed by atoms with E-state index >= 15 is 0 Å². The third-order valence-corrected chi connectivity index (χ3v) is 2.55. The van der Waals surface area contributed by atoms with Gasteiger partial charge in [-0.15, -0.1) is 0 Å². The first-order valence-electron chi connectivity index (χ1n) is 5.32. The Bertz CT molecular complexity index is 649. The summed E-state index contributed by atoms with van der Waals surface area (Å²) in [5, 5.41) is 3.99. The number of rotatable bonds is 3. The van der Waals surface area contributed by atoms with E-state index in [1.165, 1.54) is 12.1 Å². The predicted molar refractivity (Wildman–Crippen MR) is 71.7 cm³/mol. The van der Waals surface area contributed by atoms with Crippen molar-refractivity contribution >= 4 is 23.3 Å². The molecule has 19 heavy (non-hydrogen) atoms. The molecule has 0 fully saturated rings. The zero-order valence-corrected chi connectivity index (χ0v) is 10.4. The number of esters is 1. The van der Waals surface area contributed by atoms with E-state index < -0.39 is 5.97 Å². The van der Waals surface area contributed by atoms with Crippen LogP contribution in [0.2, 0.25) is 5.02 Å². The molecule has 2 aromatic carbocycles. The number of halogens is 1. The van der Waals surface area contributed by atoms with Crippen LogP contribution in [0.3, 0.4) is 0 Å². The van der Waals surface area contributed by atoms with E-state index in [0.717, 1.165) is 0 Å². The Hall–Kier alpha value is -2.49. The minimum Gasteiger partial charge on any atom is -0.423 e. The van der Waals surface area contributed by atoms with Gasteiger partial charge in [-0.3, -0.25) is 0 Å². The van der Waals surface area contributed by atoms with Gasteiger partial charge in [0.1, 0.15) is 5.75 Å². The van der Waals surface area contributed by atoms with Gasteiger partial charge in [-0.2, -0.15) is 0 Å². The Labute approximate surface area is 114 Å². The van der Waals surface area contributed by atoms with Crippen molar-refractivity contribution in [2.45, 2.75) is 0 Å². The molecular formula is C13H8ClN3O2. The lowest BCUT2D eigenvalue weighted by Crippen LogP contribution is -2.08. The molecule has 0 N–H and O–H groups in total. The lowest BCUT2D eigenvalue weighted by atomic mass is 10.2. The smallest absolute Gasteiger partial charge is 0.343 e. The normalized spacial score (nSPS) is 9.53. The lowest BCUT2D eigenvalue weighted by Gasteiger charge is -2.06. The summed E-state index contributed by atoms with van der Waals surface area (Å²) in [5.41, 5.74) is 8.87. The highest BCUT2D eigenvalue weighted by Gasteiger charge is 2.12. The third-order valence-electron chi connectivity index (χ3n) is 2.30. The van der Waals surface area contributed by atoms with E-state index in [-0.39, 0.29) is 11.3 Å². The van der Waals surface area contributed by atoms with E-state index in [9.17, 15) is 4.79 Å². The van der Waals surface area contributed by atoms with Crippen molar-refractivity contribution in [2.24, 2.45) is 5.11 Å². The van der Waals surface area contributed by atoms with Gasteiger partial charge in [0.2, 0.25) is 0 Å². The van der Waals surface area contributed by atoms with E-state index in [2.05, 4.69) is 10.0 Å². The lowest BCUT2D eigenvalue weighted by molar-refractivity contribution is 0.0735. The number of hydrogen-bond donors (Lipinski definition) is 0. The molecule has 0 heterocycles. The summed E-state index contributed by atoms with van der Waals surface area (Å²) in [5.74, 6) is -0.226. The van der Waals surface area contributed by atoms with Crippen LogP contribution in [-0.2, 0) is 0 Å². The molecule has 6 heteroatoms. The molecule has 94 valence electrons. The second kappa shape index (κ2) is 5.91. The highest BCUT2D eigenvalue weighted by Crippen LogP contribution is 2.22. The van der Waals surface area contributed by atoms with E-state index in [0.29, 0.717) is 10.8 Å². The second-order valence-electron chi connectivity index (χ2n) is 3.55. The Morgan fingerprint density at radius 2 is 1.84 bits per heavy atom. The fraction of sp³-hybridized carbons (Fsp3) is 0. The second-order valence-corrected chi connectivity index (χ2v) is 3.99. The summed E-state index contributed by atoms with van der Waals surface area (Å²) >= 11 is 5.74.